The molecule has 8 nitrogen and oxygen atoms in total. The molecule has 0 radical (unpaired) electrons. The van der Waals surface area contributed by atoms with Crippen LogP contribution in [0.15, 0.2) is 48.5 Å². The molecule has 0 saturated carbocycles. The molecule has 0 aliphatic carbocycles. The summed E-state index contributed by atoms with van der Waals surface area (Å²) in [6.07, 6.45) is 0. The third kappa shape index (κ3) is 7.01. The molecule has 184 valence electrons. The number of rotatable bonds is 4. The van der Waals surface area contributed by atoms with Gasteiger partial charge in [0, 0.05) is 63.7 Å². The van der Waals surface area contributed by atoms with Gasteiger partial charge in [-0.15, -0.1) is 0 Å². The Morgan fingerprint density at radius 3 is 1.12 bits per heavy atom. The zero-order valence-corrected chi connectivity index (χ0v) is 21.5. The fourth-order valence-corrected chi connectivity index (χ4v) is 4.32. The first-order valence-corrected chi connectivity index (χ1v) is 12.1. The standard InChI is InChI=1S/2C12H17N3OS/c2*1-16-11-4-2-10(3-5-11)14-6-8-15(9-7-14)12(13)17/h2*2-5H,6-9H2,1H3,(H2,13,17). The van der Waals surface area contributed by atoms with Gasteiger partial charge in [-0.25, -0.2) is 0 Å². The van der Waals surface area contributed by atoms with Gasteiger partial charge in [-0.1, -0.05) is 0 Å². The van der Waals surface area contributed by atoms with Gasteiger partial charge in [0.15, 0.2) is 10.2 Å². The van der Waals surface area contributed by atoms with Crippen molar-refractivity contribution in [2.45, 2.75) is 0 Å². The highest BCUT2D eigenvalue weighted by molar-refractivity contribution is 7.80. The lowest BCUT2D eigenvalue weighted by molar-refractivity contribution is 0.388. The van der Waals surface area contributed by atoms with E-state index < -0.39 is 0 Å². The van der Waals surface area contributed by atoms with Crippen LogP contribution in [0.3, 0.4) is 0 Å². The minimum atomic E-state index is 0.499. The highest BCUT2D eigenvalue weighted by Crippen LogP contribution is 2.21. The summed E-state index contributed by atoms with van der Waals surface area (Å²) in [6.45, 7) is 7.35. The zero-order valence-electron chi connectivity index (χ0n) is 19.9. The highest BCUT2D eigenvalue weighted by atomic mass is 32.1. The van der Waals surface area contributed by atoms with Crippen molar-refractivity contribution >= 4 is 46.0 Å². The largest absolute Gasteiger partial charge is 0.497 e. The van der Waals surface area contributed by atoms with E-state index in [1.807, 2.05) is 34.1 Å². The summed E-state index contributed by atoms with van der Waals surface area (Å²) in [7, 11) is 3.35. The van der Waals surface area contributed by atoms with Crippen LogP contribution in [-0.2, 0) is 0 Å². The van der Waals surface area contributed by atoms with E-state index in [0.717, 1.165) is 63.9 Å². The Bertz CT molecular complexity index is 848. The summed E-state index contributed by atoms with van der Waals surface area (Å²) in [4.78, 5) is 8.73. The smallest absolute Gasteiger partial charge is 0.166 e. The average molecular weight is 503 g/mol. The fraction of sp³-hybridized carbons (Fsp3) is 0.417. The van der Waals surface area contributed by atoms with Crippen LogP contribution in [0.4, 0.5) is 11.4 Å². The number of nitrogens with zero attached hydrogens (tertiary/aromatic N) is 4. The van der Waals surface area contributed by atoms with Crippen LogP contribution >= 0.6 is 24.4 Å². The molecule has 0 bridgehead atoms. The number of nitrogens with two attached hydrogens (primary N) is 2. The van der Waals surface area contributed by atoms with Crippen molar-refractivity contribution in [3.8, 4) is 11.5 Å². The lowest BCUT2D eigenvalue weighted by atomic mass is 10.2. The molecular formula is C24H34N6O2S2. The molecule has 2 heterocycles. The van der Waals surface area contributed by atoms with Crippen molar-refractivity contribution in [3.63, 3.8) is 0 Å². The molecule has 0 aromatic heterocycles. The monoisotopic (exact) mass is 502 g/mol. The molecule has 4 N–H and O–H groups in total. The number of anilines is 2. The zero-order chi connectivity index (χ0) is 24.5. The molecule has 2 aromatic rings. The van der Waals surface area contributed by atoms with Gasteiger partial charge in [0.2, 0.25) is 0 Å². The van der Waals surface area contributed by atoms with Crippen LogP contribution in [0.25, 0.3) is 0 Å². The highest BCUT2D eigenvalue weighted by Gasteiger charge is 2.18. The van der Waals surface area contributed by atoms with Gasteiger partial charge in [0.1, 0.15) is 11.5 Å². The summed E-state index contributed by atoms with van der Waals surface area (Å²) < 4.78 is 10.3. The average Bonchev–Trinajstić information content (AvgIpc) is 2.89. The fourth-order valence-electron chi connectivity index (χ4n) is 3.96. The number of hydrogen-bond acceptors (Lipinski definition) is 6. The number of hydrogen-bond donors (Lipinski definition) is 2. The molecule has 2 saturated heterocycles. The summed E-state index contributed by atoms with van der Waals surface area (Å²) >= 11 is 9.94. The van der Waals surface area contributed by atoms with E-state index in [0.29, 0.717) is 10.2 Å². The minimum Gasteiger partial charge on any atom is -0.497 e. The Labute approximate surface area is 213 Å². The van der Waals surface area contributed by atoms with Crippen molar-refractivity contribution in [2.24, 2.45) is 11.5 Å². The summed E-state index contributed by atoms with van der Waals surface area (Å²) in [6, 6.07) is 16.2. The Morgan fingerprint density at radius 2 is 0.882 bits per heavy atom. The van der Waals surface area contributed by atoms with E-state index >= 15 is 0 Å². The van der Waals surface area contributed by atoms with Crippen molar-refractivity contribution < 1.29 is 9.47 Å². The first-order chi connectivity index (χ1) is 16.4. The van der Waals surface area contributed by atoms with Gasteiger partial charge in [-0.05, 0) is 73.0 Å². The number of methoxy groups -OCH3 is 2. The number of piperazine rings is 2. The predicted octanol–water partition coefficient (Wildman–Crippen LogP) is 2.12. The Morgan fingerprint density at radius 1 is 0.588 bits per heavy atom. The molecule has 4 rings (SSSR count). The summed E-state index contributed by atoms with van der Waals surface area (Å²) in [5, 5.41) is 0.999. The van der Waals surface area contributed by atoms with Gasteiger partial charge in [-0.2, -0.15) is 0 Å². The van der Waals surface area contributed by atoms with Crippen molar-refractivity contribution in [2.75, 3.05) is 76.4 Å². The van der Waals surface area contributed by atoms with Gasteiger partial charge < -0.3 is 40.5 Å². The number of thiocarbonyl (C=S) groups is 2. The molecule has 10 heteroatoms. The molecule has 0 atom stereocenters. The van der Waals surface area contributed by atoms with Crippen LogP contribution in [0.5, 0.6) is 11.5 Å². The second kappa shape index (κ2) is 12.5. The van der Waals surface area contributed by atoms with Gasteiger partial charge in [0.25, 0.3) is 0 Å². The minimum absolute atomic E-state index is 0.499. The summed E-state index contributed by atoms with van der Waals surface area (Å²) in [5.74, 6) is 1.77. The Balaban J connectivity index is 0.000000191. The van der Waals surface area contributed by atoms with Gasteiger partial charge >= 0.3 is 0 Å². The molecule has 0 spiro atoms. The molecule has 2 aliphatic heterocycles. The Kier molecular flexibility index (Phi) is 9.41. The lowest BCUT2D eigenvalue weighted by Gasteiger charge is -2.36. The topological polar surface area (TPSA) is 83.5 Å². The van der Waals surface area contributed by atoms with E-state index in [9.17, 15) is 0 Å². The van der Waals surface area contributed by atoms with Crippen LogP contribution in [0.1, 0.15) is 0 Å². The third-order valence-electron chi connectivity index (χ3n) is 6.06. The van der Waals surface area contributed by atoms with Crippen LogP contribution in [0, 0.1) is 0 Å². The van der Waals surface area contributed by atoms with E-state index in [1.54, 1.807) is 14.2 Å². The maximum absolute atomic E-state index is 5.61. The lowest BCUT2D eigenvalue weighted by Crippen LogP contribution is -2.50. The van der Waals surface area contributed by atoms with Crippen molar-refractivity contribution in [1.29, 1.82) is 0 Å². The molecule has 34 heavy (non-hydrogen) atoms. The third-order valence-corrected chi connectivity index (χ3v) is 6.57. The number of ether oxygens (including phenoxy) is 2. The molecule has 0 amide bonds. The normalized spacial score (nSPS) is 15.8. The molecule has 2 aromatic carbocycles. The van der Waals surface area contributed by atoms with E-state index in [2.05, 4.69) is 34.1 Å². The Hall–Kier alpha value is -2.98. The van der Waals surface area contributed by atoms with Crippen LogP contribution < -0.4 is 30.7 Å². The molecular weight excluding hydrogens is 468 g/mol. The second-order valence-electron chi connectivity index (χ2n) is 8.02. The first kappa shape index (κ1) is 25.6. The predicted molar refractivity (Wildman–Crippen MR) is 147 cm³/mol. The van der Waals surface area contributed by atoms with Crippen molar-refractivity contribution in [1.82, 2.24) is 9.80 Å². The SMILES string of the molecule is COc1ccc(N2CCN(C(N)=S)CC2)cc1.COc1ccc(N2CCN(C(N)=S)CC2)cc1. The van der Waals surface area contributed by atoms with Gasteiger partial charge in [-0.3, -0.25) is 0 Å². The van der Waals surface area contributed by atoms with Crippen LogP contribution in [-0.4, -0.2) is 86.6 Å². The molecule has 2 aliphatic rings. The second-order valence-corrected chi connectivity index (χ2v) is 8.86. The first-order valence-electron chi connectivity index (χ1n) is 11.3. The van der Waals surface area contributed by atoms with Gasteiger partial charge in [0.05, 0.1) is 14.2 Å². The van der Waals surface area contributed by atoms with E-state index in [-0.39, 0.29) is 0 Å². The van der Waals surface area contributed by atoms with E-state index in [4.69, 9.17) is 45.4 Å². The van der Waals surface area contributed by atoms with E-state index in [1.165, 1.54) is 11.4 Å². The number of benzene rings is 2. The summed E-state index contributed by atoms with van der Waals surface area (Å²) in [5.41, 5.74) is 13.7. The van der Waals surface area contributed by atoms with Crippen LogP contribution in [0.2, 0.25) is 0 Å². The maximum Gasteiger partial charge on any atom is 0.166 e. The molecule has 2 fully saturated rings. The molecule has 0 unspecified atom stereocenters. The maximum atomic E-state index is 5.61. The van der Waals surface area contributed by atoms with Crippen molar-refractivity contribution in [3.05, 3.63) is 48.5 Å². The quantitative estimate of drug-likeness (QED) is 0.607.